The Morgan fingerprint density at radius 2 is 2.04 bits per heavy atom. The van der Waals surface area contributed by atoms with E-state index in [9.17, 15) is 9.59 Å². The van der Waals surface area contributed by atoms with E-state index in [1.54, 1.807) is 17.4 Å². The normalized spacial score (nSPS) is 22.8. The van der Waals surface area contributed by atoms with Gasteiger partial charge in [0.2, 0.25) is 5.91 Å². The second-order valence-corrected chi connectivity index (χ2v) is 8.74. The fourth-order valence-corrected chi connectivity index (χ4v) is 5.50. The molecule has 6 heteroatoms. The van der Waals surface area contributed by atoms with Crippen molar-refractivity contribution in [3.8, 4) is 10.6 Å². The Balaban J connectivity index is 1.50. The van der Waals surface area contributed by atoms with Crippen LogP contribution in [0.5, 0.6) is 0 Å². The molecule has 2 bridgehead atoms. The summed E-state index contributed by atoms with van der Waals surface area (Å²) in [5, 5.41) is 7.91. The lowest BCUT2D eigenvalue weighted by molar-refractivity contribution is -0.118. The van der Waals surface area contributed by atoms with Crippen LogP contribution in [0.3, 0.4) is 0 Å². The van der Waals surface area contributed by atoms with E-state index in [0.29, 0.717) is 29.6 Å². The van der Waals surface area contributed by atoms with Crippen LogP contribution in [0, 0.1) is 24.7 Å². The largest absolute Gasteiger partial charge is 0.294 e. The van der Waals surface area contributed by atoms with Gasteiger partial charge in [-0.1, -0.05) is 30.4 Å². The minimum Gasteiger partial charge on any atom is -0.273 e. The quantitative estimate of drug-likeness (QED) is 0.681. The molecule has 0 spiro atoms. The van der Waals surface area contributed by atoms with E-state index in [-0.39, 0.29) is 11.5 Å². The highest BCUT2D eigenvalue weighted by molar-refractivity contribution is 7.13. The van der Waals surface area contributed by atoms with Crippen molar-refractivity contribution >= 4 is 28.0 Å². The molecule has 142 valence electrons. The van der Waals surface area contributed by atoms with Gasteiger partial charge in [-0.25, -0.2) is 5.43 Å². The second kappa shape index (κ2) is 6.71. The van der Waals surface area contributed by atoms with Gasteiger partial charge >= 0.3 is 0 Å². The molecule has 3 atom stereocenters. The molecule has 1 fully saturated rings. The summed E-state index contributed by atoms with van der Waals surface area (Å²) in [7, 11) is 0. The van der Waals surface area contributed by atoms with Crippen molar-refractivity contribution in [1.82, 2.24) is 9.89 Å². The van der Waals surface area contributed by atoms with Crippen molar-refractivity contribution in [3.05, 3.63) is 63.8 Å². The first-order valence-electron chi connectivity index (χ1n) is 9.65. The summed E-state index contributed by atoms with van der Waals surface area (Å²) in [6, 6.07) is 9.47. The van der Waals surface area contributed by atoms with Crippen LogP contribution in [-0.4, -0.2) is 15.8 Å². The van der Waals surface area contributed by atoms with Gasteiger partial charge in [0.15, 0.2) is 0 Å². The first-order valence-corrected chi connectivity index (χ1v) is 10.5. The van der Waals surface area contributed by atoms with E-state index in [1.807, 2.05) is 36.6 Å². The monoisotopic (exact) mass is 391 g/mol. The minimum atomic E-state index is -0.297. The van der Waals surface area contributed by atoms with E-state index in [1.165, 1.54) is 0 Å². The lowest BCUT2D eigenvalue weighted by Gasteiger charge is -2.18. The zero-order chi connectivity index (χ0) is 19.3. The van der Waals surface area contributed by atoms with E-state index in [2.05, 4.69) is 22.7 Å². The highest BCUT2D eigenvalue weighted by Gasteiger charge is 2.36. The van der Waals surface area contributed by atoms with Crippen LogP contribution in [0.2, 0.25) is 0 Å². The number of aryl methyl sites for hydroxylation is 1. The van der Waals surface area contributed by atoms with Crippen molar-refractivity contribution in [2.24, 2.45) is 17.8 Å². The average molecular weight is 391 g/mol. The van der Waals surface area contributed by atoms with Gasteiger partial charge in [-0.2, -0.15) is 0 Å². The lowest BCUT2D eigenvalue weighted by atomic mass is 9.90. The number of hydrogen-bond acceptors (Lipinski definition) is 4. The Hall–Kier alpha value is -2.73. The molecule has 0 unspecified atom stereocenters. The molecule has 0 saturated heterocycles. The Kier molecular flexibility index (Phi) is 4.16. The highest BCUT2D eigenvalue weighted by Crippen LogP contribution is 2.44. The summed E-state index contributed by atoms with van der Waals surface area (Å²) in [6.07, 6.45) is 7.16. The molecule has 0 aliphatic heterocycles. The number of allylic oxidation sites excluding steroid dienone is 2. The number of carbonyl (C=O) groups is 1. The fraction of sp³-hybridized carbons (Fsp3) is 0.318. The first-order chi connectivity index (χ1) is 13.6. The molecule has 5 rings (SSSR count). The third-order valence-electron chi connectivity index (χ3n) is 5.98. The first kappa shape index (κ1) is 17.4. The number of aromatic nitrogens is 2. The second-order valence-electron chi connectivity index (χ2n) is 7.82. The lowest BCUT2D eigenvalue weighted by Crippen LogP contribution is -2.36. The molecule has 2 aliphatic carbocycles. The SMILES string of the molecule is Cc1ccsc1-c1nn(NC(=O)C[C@@H]2C[C@@H]3C=C[C@H]2C3)c(=O)c2ccccc12. The van der Waals surface area contributed by atoms with Gasteiger partial charge in [0.1, 0.15) is 5.69 Å². The molecular weight excluding hydrogens is 370 g/mol. The summed E-state index contributed by atoms with van der Waals surface area (Å²) in [5.41, 5.74) is 4.28. The summed E-state index contributed by atoms with van der Waals surface area (Å²) < 4.78 is 0. The highest BCUT2D eigenvalue weighted by atomic mass is 32.1. The summed E-state index contributed by atoms with van der Waals surface area (Å²) >= 11 is 1.59. The van der Waals surface area contributed by atoms with Crippen LogP contribution in [-0.2, 0) is 4.79 Å². The van der Waals surface area contributed by atoms with Crippen molar-refractivity contribution < 1.29 is 4.79 Å². The Morgan fingerprint density at radius 3 is 2.71 bits per heavy atom. The molecule has 3 aromatic rings. The number of nitrogens with zero attached hydrogens (tertiary/aromatic N) is 2. The van der Waals surface area contributed by atoms with Crippen LogP contribution in [0.4, 0.5) is 0 Å². The average Bonchev–Trinajstić information content (AvgIpc) is 3.41. The number of fused-ring (bicyclic) bond motifs is 3. The maximum Gasteiger partial charge on any atom is 0.294 e. The standard InChI is InChI=1S/C22H21N3O2S/c1-13-8-9-28-21(13)20-17-4-2-3-5-18(17)22(27)25(24-20)23-19(26)12-16-11-14-6-7-15(16)10-14/h2-9,14-16H,10-12H2,1H3,(H,23,26)/t14-,15+,16+/m1/s1. The minimum absolute atomic E-state index is 0.148. The Labute approximate surface area is 166 Å². The van der Waals surface area contributed by atoms with E-state index in [0.717, 1.165) is 39.2 Å². The van der Waals surface area contributed by atoms with Gasteiger partial charge < -0.3 is 0 Å². The van der Waals surface area contributed by atoms with Crippen LogP contribution < -0.4 is 11.0 Å². The predicted molar refractivity (Wildman–Crippen MR) is 112 cm³/mol. The maximum atomic E-state index is 12.9. The van der Waals surface area contributed by atoms with Crippen molar-refractivity contribution in [1.29, 1.82) is 0 Å². The molecule has 1 N–H and O–H groups in total. The summed E-state index contributed by atoms with van der Waals surface area (Å²) in [4.78, 5) is 27.7. The summed E-state index contributed by atoms with van der Waals surface area (Å²) in [5.74, 6) is 1.34. The molecule has 1 saturated carbocycles. The predicted octanol–water partition coefficient (Wildman–Crippen LogP) is 4.11. The molecular formula is C22H21N3O2S. The third-order valence-corrected chi connectivity index (χ3v) is 7.00. The van der Waals surface area contributed by atoms with Gasteiger partial charge in [0.25, 0.3) is 5.56 Å². The van der Waals surface area contributed by atoms with E-state index < -0.39 is 0 Å². The van der Waals surface area contributed by atoms with Crippen LogP contribution >= 0.6 is 11.3 Å². The molecule has 0 radical (unpaired) electrons. The number of carbonyl (C=O) groups excluding carboxylic acids is 1. The summed E-state index contributed by atoms with van der Waals surface area (Å²) in [6.45, 7) is 2.03. The van der Waals surface area contributed by atoms with Gasteiger partial charge in [-0.05, 0) is 60.6 Å². The molecule has 5 nitrogen and oxygen atoms in total. The zero-order valence-electron chi connectivity index (χ0n) is 15.6. The van der Waals surface area contributed by atoms with Crippen molar-refractivity contribution in [2.45, 2.75) is 26.2 Å². The smallest absolute Gasteiger partial charge is 0.273 e. The number of amides is 1. The topological polar surface area (TPSA) is 64.0 Å². The van der Waals surface area contributed by atoms with E-state index in [4.69, 9.17) is 0 Å². The van der Waals surface area contributed by atoms with Crippen LogP contribution in [0.1, 0.15) is 24.8 Å². The van der Waals surface area contributed by atoms with Gasteiger partial charge in [-0.15, -0.1) is 21.2 Å². The molecule has 1 amide bonds. The number of thiophene rings is 1. The third kappa shape index (κ3) is 2.88. The number of nitrogens with one attached hydrogen (secondary N) is 1. The van der Waals surface area contributed by atoms with E-state index >= 15 is 0 Å². The fourth-order valence-electron chi connectivity index (χ4n) is 4.58. The van der Waals surface area contributed by atoms with Crippen molar-refractivity contribution in [2.75, 3.05) is 5.43 Å². The maximum absolute atomic E-state index is 12.9. The van der Waals surface area contributed by atoms with Gasteiger partial charge in [-0.3, -0.25) is 9.59 Å². The zero-order valence-corrected chi connectivity index (χ0v) is 16.4. The Bertz CT molecular complexity index is 1160. The number of hydrogen-bond donors (Lipinski definition) is 1. The van der Waals surface area contributed by atoms with Gasteiger partial charge in [0.05, 0.1) is 10.3 Å². The number of rotatable bonds is 4. The van der Waals surface area contributed by atoms with Crippen LogP contribution in [0.15, 0.2) is 52.7 Å². The molecule has 2 aliphatic rings. The Morgan fingerprint density at radius 1 is 1.21 bits per heavy atom. The molecule has 28 heavy (non-hydrogen) atoms. The molecule has 2 aromatic heterocycles. The van der Waals surface area contributed by atoms with Crippen molar-refractivity contribution in [3.63, 3.8) is 0 Å². The van der Waals surface area contributed by atoms with Crippen LogP contribution in [0.25, 0.3) is 21.3 Å². The van der Waals surface area contributed by atoms with Gasteiger partial charge in [0, 0.05) is 11.8 Å². The molecule has 2 heterocycles. The molecule has 1 aromatic carbocycles. The number of benzene rings is 1.